The smallest absolute Gasteiger partial charge is 0.273 e. The van der Waals surface area contributed by atoms with Gasteiger partial charge in [-0.3, -0.25) is 4.79 Å². The summed E-state index contributed by atoms with van der Waals surface area (Å²) < 4.78 is 0. The van der Waals surface area contributed by atoms with E-state index in [2.05, 4.69) is 15.1 Å². The van der Waals surface area contributed by atoms with Crippen LogP contribution in [0.2, 0.25) is 0 Å². The number of anilines is 1. The Morgan fingerprint density at radius 2 is 2.15 bits per heavy atom. The van der Waals surface area contributed by atoms with Crippen molar-refractivity contribution in [2.24, 2.45) is 0 Å². The number of aliphatic hydroxyl groups is 1. The first-order chi connectivity index (χ1) is 9.63. The Balaban J connectivity index is 2.17. The van der Waals surface area contributed by atoms with Gasteiger partial charge in [0.25, 0.3) is 5.91 Å². The van der Waals surface area contributed by atoms with Gasteiger partial charge in [0, 0.05) is 20.6 Å². The minimum absolute atomic E-state index is 0.0993. The van der Waals surface area contributed by atoms with Crippen LogP contribution in [0.25, 0.3) is 0 Å². The van der Waals surface area contributed by atoms with Gasteiger partial charge >= 0.3 is 0 Å². The first-order valence-electron chi connectivity index (χ1n) is 7.06. The monoisotopic (exact) mass is 278 g/mol. The van der Waals surface area contributed by atoms with Crippen LogP contribution >= 0.6 is 0 Å². The Morgan fingerprint density at radius 1 is 1.35 bits per heavy atom. The number of rotatable bonds is 3. The first-order valence-corrected chi connectivity index (χ1v) is 7.06. The molecular formula is C14H22N4O2. The van der Waals surface area contributed by atoms with Crippen LogP contribution in [0.15, 0.2) is 12.1 Å². The van der Waals surface area contributed by atoms with Crippen molar-refractivity contribution in [1.82, 2.24) is 15.1 Å². The van der Waals surface area contributed by atoms with Crippen molar-refractivity contribution in [2.45, 2.75) is 31.7 Å². The lowest BCUT2D eigenvalue weighted by atomic mass is 10.1. The highest BCUT2D eigenvalue weighted by Gasteiger charge is 2.22. The molecule has 1 atom stereocenters. The molecule has 1 amide bonds. The summed E-state index contributed by atoms with van der Waals surface area (Å²) in [6.07, 6.45) is 4.37. The van der Waals surface area contributed by atoms with Gasteiger partial charge < -0.3 is 14.9 Å². The van der Waals surface area contributed by atoms with Crippen molar-refractivity contribution in [1.29, 1.82) is 0 Å². The van der Waals surface area contributed by atoms with Crippen molar-refractivity contribution in [3.05, 3.63) is 17.8 Å². The number of carbonyl (C=O) groups excluding carboxylic acids is 1. The fourth-order valence-electron chi connectivity index (χ4n) is 2.49. The summed E-state index contributed by atoms with van der Waals surface area (Å²) in [6.45, 7) is 1.00. The molecule has 1 fully saturated rings. The first kappa shape index (κ1) is 14.7. The van der Waals surface area contributed by atoms with E-state index in [1.165, 1.54) is 11.3 Å². The Kier molecular flexibility index (Phi) is 4.89. The minimum atomic E-state index is -0.154. The summed E-state index contributed by atoms with van der Waals surface area (Å²) in [5.74, 6) is 0.583. The quantitative estimate of drug-likeness (QED) is 0.890. The van der Waals surface area contributed by atoms with Crippen LogP contribution in [0.1, 0.15) is 36.2 Å². The van der Waals surface area contributed by atoms with Crippen molar-refractivity contribution < 1.29 is 9.90 Å². The Bertz CT molecular complexity index is 447. The van der Waals surface area contributed by atoms with Gasteiger partial charge in [0.15, 0.2) is 11.5 Å². The van der Waals surface area contributed by atoms with Crippen LogP contribution in [-0.4, -0.2) is 59.4 Å². The molecule has 0 bridgehead atoms. The van der Waals surface area contributed by atoms with E-state index in [0.29, 0.717) is 5.69 Å². The molecule has 20 heavy (non-hydrogen) atoms. The molecule has 0 saturated carbocycles. The number of carbonyl (C=O) groups is 1. The second-order valence-corrected chi connectivity index (χ2v) is 5.36. The molecule has 1 aromatic heterocycles. The molecule has 6 nitrogen and oxygen atoms in total. The molecule has 6 heteroatoms. The maximum Gasteiger partial charge on any atom is 0.273 e. The predicted molar refractivity (Wildman–Crippen MR) is 76.7 cm³/mol. The van der Waals surface area contributed by atoms with Crippen molar-refractivity contribution >= 4 is 11.7 Å². The highest BCUT2D eigenvalue weighted by Crippen LogP contribution is 2.22. The number of aliphatic hydroxyl groups excluding tert-OH is 1. The van der Waals surface area contributed by atoms with Crippen LogP contribution in [0.3, 0.4) is 0 Å². The van der Waals surface area contributed by atoms with Crippen LogP contribution in [0.4, 0.5) is 5.82 Å². The molecule has 1 aromatic rings. The molecule has 1 aliphatic rings. The van der Waals surface area contributed by atoms with Gasteiger partial charge in [-0.15, -0.1) is 10.2 Å². The lowest BCUT2D eigenvalue weighted by molar-refractivity contribution is 0.0821. The largest absolute Gasteiger partial charge is 0.394 e. The topological polar surface area (TPSA) is 69.6 Å². The molecule has 0 radical (unpaired) electrons. The number of hydrogen-bond acceptors (Lipinski definition) is 5. The average Bonchev–Trinajstić information content (AvgIpc) is 2.71. The molecule has 1 N–H and O–H groups in total. The summed E-state index contributed by atoms with van der Waals surface area (Å²) in [6, 6.07) is 3.61. The van der Waals surface area contributed by atoms with E-state index < -0.39 is 0 Å². The lowest BCUT2D eigenvalue weighted by Gasteiger charge is -2.29. The molecular weight excluding hydrogens is 256 g/mol. The fraction of sp³-hybridized carbons (Fsp3) is 0.643. The Hall–Kier alpha value is -1.69. The minimum Gasteiger partial charge on any atom is -0.394 e. The van der Waals surface area contributed by atoms with Gasteiger partial charge in [0.1, 0.15) is 0 Å². The third kappa shape index (κ3) is 3.25. The second-order valence-electron chi connectivity index (χ2n) is 5.36. The molecule has 0 spiro atoms. The number of hydrogen-bond donors (Lipinski definition) is 1. The molecule has 0 aromatic carbocycles. The van der Waals surface area contributed by atoms with E-state index in [9.17, 15) is 9.90 Å². The Labute approximate surface area is 119 Å². The summed E-state index contributed by atoms with van der Waals surface area (Å²) in [5, 5.41) is 17.7. The van der Waals surface area contributed by atoms with Gasteiger partial charge in [-0.1, -0.05) is 12.8 Å². The SMILES string of the molecule is CN(C)C(=O)c1ccc(N2CCCCCC2CO)nn1. The molecule has 1 unspecified atom stereocenters. The van der Waals surface area contributed by atoms with Crippen molar-refractivity contribution in [3.8, 4) is 0 Å². The average molecular weight is 278 g/mol. The zero-order valence-electron chi connectivity index (χ0n) is 12.1. The Morgan fingerprint density at radius 3 is 2.75 bits per heavy atom. The molecule has 2 heterocycles. The summed E-state index contributed by atoms with van der Waals surface area (Å²) >= 11 is 0. The second kappa shape index (κ2) is 6.65. The zero-order chi connectivity index (χ0) is 14.5. The van der Waals surface area contributed by atoms with Crippen LogP contribution in [-0.2, 0) is 0 Å². The molecule has 0 aliphatic carbocycles. The van der Waals surface area contributed by atoms with Gasteiger partial charge in [0.2, 0.25) is 0 Å². The highest BCUT2D eigenvalue weighted by molar-refractivity contribution is 5.91. The highest BCUT2D eigenvalue weighted by atomic mass is 16.3. The van der Waals surface area contributed by atoms with Crippen LogP contribution in [0.5, 0.6) is 0 Å². The number of amides is 1. The predicted octanol–water partition coefficient (Wildman–Crippen LogP) is 0.920. The maximum absolute atomic E-state index is 11.8. The summed E-state index contributed by atoms with van der Waals surface area (Å²) in [7, 11) is 3.38. The normalized spacial score (nSPS) is 19.6. The van der Waals surface area contributed by atoms with Gasteiger partial charge in [0.05, 0.1) is 12.6 Å². The fourth-order valence-corrected chi connectivity index (χ4v) is 2.49. The third-order valence-electron chi connectivity index (χ3n) is 3.66. The van der Waals surface area contributed by atoms with E-state index in [1.807, 2.05) is 6.07 Å². The molecule has 1 saturated heterocycles. The zero-order valence-corrected chi connectivity index (χ0v) is 12.1. The van der Waals surface area contributed by atoms with E-state index in [1.54, 1.807) is 20.2 Å². The van der Waals surface area contributed by atoms with Gasteiger partial charge in [-0.2, -0.15) is 0 Å². The van der Waals surface area contributed by atoms with Gasteiger partial charge in [-0.05, 0) is 25.0 Å². The summed E-state index contributed by atoms with van der Waals surface area (Å²) in [5.41, 5.74) is 0.342. The lowest BCUT2D eigenvalue weighted by Crippen LogP contribution is -2.38. The standard InChI is InChI=1S/C14H22N4O2/c1-17(2)14(20)12-7-8-13(16-15-12)18-9-5-3-4-6-11(18)10-19/h7-8,11,19H,3-6,9-10H2,1-2H3. The van der Waals surface area contributed by atoms with Crippen molar-refractivity contribution in [3.63, 3.8) is 0 Å². The van der Waals surface area contributed by atoms with E-state index >= 15 is 0 Å². The van der Waals surface area contributed by atoms with Crippen LogP contribution < -0.4 is 4.90 Å². The van der Waals surface area contributed by atoms with Crippen molar-refractivity contribution in [2.75, 3.05) is 32.1 Å². The van der Waals surface area contributed by atoms with E-state index in [-0.39, 0.29) is 18.6 Å². The number of nitrogens with zero attached hydrogens (tertiary/aromatic N) is 4. The summed E-state index contributed by atoms with van der Waals surface area (Å²) in [4.78, 5) is 15.4. The van der Waals surface area contributed by atoms with E-state index in [0.717, 1.165) is 31.6 Å². The maximum atomic E-state index is 11.8. The molecule has 2 rings (SSSR count). The third-order valence-corrected chi connectivity index (χ3v) is 3.66. The molecule has 110 valence electrons. The number of aromatic nitrogens is 2. The van der Waals surface area contributed by atoms with Crippen LogP contribution in [0, 0.1) is 0 Å². The van der Waals surface area contributed by atoms with E-state index in [4.69, 9.17) is 0 Å². The molecule has 1 aliphatic heterocycles. The van der Waals surface area contributed by atoms with Gasteiger partial charge in [-0.25, -0.2) is 0 Å².